The summed E-state index contributed by atoms with van der Waals surface area (Å²) in [5.74, 6) is -0.681. The van der Waals surface area contributed by atoms with Gasteiger partial charge in [0.05, 0.1) is 0 Å². The van der Waals surface area contributed by atoms with Gasteiger partial charge in [0.25, 0.3) is 0 Å². The predicted molar refractivity (Wildman–Crippen MR) is 70.9 cm³/mol. The molecule has 2 rings (SSSR count). The molecule has 1 atom stereocenters. The molecule has 2 heterocycles. The van der Waals surface area contributed by atoms with E-state index in [2.05, 4.69) is 31.1 Å². The van der Waals surface area contributed by atoms with Crippen molar-refractivity contribution in [3.8, 4) is 0 Å². The summed E-state index contributed by atoms with van der Waals surface area (Å²) in [6.45, 7) is 3.44. The monoisotopic (exact) mass is 295 g/mol. The van der Waals surface area contributed by atoms with E-state index < -0.39 is 6.04 Å². The number of thiazole rings is 1. The van der Waals surface area contributed by atoms with Crippen LogP contribution in [-0.4, -0.2) is 43.0 Å². The Labute approximate surface area is 118 Å². The van der Waals surface area contributed by atoms with Gasteiger partial charge in [0.15, 0.2) is 5.13 Å². The second-order valence-corrected chi connectivity index (χ2v) is 5.30. The van der Waals surface area contributed by atoms with Gasteiger partial charge in [-0.05, 0) is 24.3 Å². The smallest absolute Gasteiger partial charge is 0.248 e. The molecule has 10 heteroatoms. The molecule has 0 saturated heterocycles. The molecule has 0 aromatic carbocycles. The lowest BCUT2D eigenvalue weighted by molar-refractivity contribution is -0.126. The second kappa shape index (κ2) is 6.19. The number of rotatable bonds is 5. The van der Waals surface area contributed by atoms with Crippen LogP contribution in [0.2, 0.25) is 0 Å². The minimum absolute atomic E-state index is 0.0407. The Kier molecular flexibility index (Phi) is 4.35. The van der Waals surface area contributed by atoms with Crippen molar-refractivity contribution >= 4 is 28.3 Å². The maximum Gasteiger partial charge on any atom is 0.248 e. The van der Waals surface area contributed by atoms with E-state index in [1.165, 1.54) is 22.3 Å². The van der Waals surface area contributed by atoms with Gasteiger partial charge in [-0.2, -0.15) is 0 Å². The van der Waals surface area contributed by atoms with Gasteiger partial charge in [0.2, 0.25) is 11.8 Å². The Balaban J connectivity index is 1.83. The Morgan fingerprint density at radius 3 is 2.90 bits per heavy atom. The van der Waals surface area contributed by atoms with Gasteiger partial charge in [-0.15, -0.1) is 16.4 Å². The molecule has 0 spiro atoms. The van der Waals surface area contributed by atoms with E-state index in [9.17, 15) is 9.59 Å². The topological polar surface area (TPSA) is 115 Å². The minimum atomic E-state index is -0.678. The Bertz CT molecular complexity index is 595. The van der Waals surface area contributed by atoms with Crippen molar-refractivity contribution in [2.75, 3.05) is 5.32 Å². The van der Waals surface area contributed by atoms with Crippen LogP contribution in [0.25, 0.3) is 0 Å². The quantitative estimate of drug-likeness (QED) is 0.774. The Hall–Kier alpha value is -2.36. The molecule has 0 aliphatic rings. The summed E-state index contributed by atoms with van der Waals surface area (Å²) >= 11 is 1.37. The molecule has 0 unspecified atom stereocenters. The highest BCUT2D eigenvalue weighted by molar-refractivity contribution is 7.15. The lowest BCUT2D eigenvalue weighted by Gasteiger charge is -2.12. The zero-order valence-corrected chi connectivity index (χ0v) is 11.7. The Morgan fingerprint density at radius 1 is 1.50 bits per heavy atom. The van der Waals surface area contributed by atoms with Crippen molar-refractivity contribution in [1.82, 2.24) is 30.5 Å². The summed E-state index contributed by atoms with van der Waals surface area (Å²) in [4.78, 5) is 28.5. The van der Waals surface area contributed by atoms with Crippen molar-refractivity contribution < 1.29 is 9.59 Å². The number of hydrogen-bond acceptors (Lipinski definition) is 7. The van der Waals surface area contributed by atoms with Gasteiger partial charge in [0, 0.05) is 11.1 Å². The van der Waals surface area contributed by atoms with Gasteiger partial charge < -0.3 is 10.6 Å². The number of tetrazole rings is 1. The van der Waals surface area contributed by atoms with Gasteiger partial charge in [0.1, 0.15) is 18.9 Å². The first kappa shape index (κ1) is 14.1. The molecule has 9 nitrogen and oxygen atoms in total. The molecule has 0 aliphatic carbocycles. The van der Waals surface area contributed by atoms with Crippen LogP contribution >= 0.6 is 11.3 Å². The van der Waals surface area contributed by atoms with Crippen LogP contribution in [0.5, 0.6) is 0 Å². The third kappa shape index (κ3) is 3.82. The number of carbonyl (C=O) groups is 2. The molecular weight excluding hydrogens is 282 g/mol. The van der Waals surface area contributed by atoms with Crippen LogP contribution in [0, 0.1) is 6.92 Å². The SMILES string of the molecule is Cc1cnc(NC(=O)[C@H](C)NC(=O)Cn2cnnn2)s1. The van der Waals surface area contributed by atoms with Crippen LogP contribution in [-0.2, 0) is 16.1 Å². The highest BCUT2D eigenvalue weighted by Crippen LogP contribution is 2.16. The summed E-state index contributed by atoms with van der Waals surface area (Å²) in [6, 6.07) is -0.678. The number of hydrogen-bond donors (Lipinski definition) is 2. The molecule has 2 N–H and O–H groups in total. The highest BCUT2D eigenvalue weighted by atomic mass is 32.1. The van der Waals surface area contributed by atoms with Crippen molar-refractivity contribution in [1.29, 1.82) is 0 Å². The third-order valence-electron chi connectivity index (χ3n) is 2.32. The summed E-state index contributed by atoms with van der Waals surface area (Å²) < 4.78 is 1.27. The molecule has 20 heavy (non-hydrogen) atoms. The first-order valence-electron chi connectivity index (χ1n) is 5.78. The zero-order valence-electron chi connectivity index (χ0n) is 10.9. The predicted octanol–water partition coefficient (Wildman–Crippen LogP) is -0.419. The molecular formula is C10H13N7O2S. The molecule has 0 saturated carbocycles. The summed E-state index contributed by atoms with van der Waals surface area (Å²) in [7, 11) is 0. The molecule has 2 amide bonds. The fourth-order valence-electron chi connectivity index (χ4n) is 1.38. The first-order valence-corrected chi connectivity index (χ1v) is 6.59. The van der Waals surface area contributed by atoms with E-state index in [0.29, 0.717) is 5.13 Å². The fraction of sp³-hybridized carbons (Fsp3) is 0.400. The number of nitrogens with one attached hydrogen (secondary N) is 2. The van der Waals surface area contributed by atoms with Crippen LogP contribution in [0.15, 0.2) is 12.5 Å². The average molecular weight is 295 g/mol. The minimum Gasteiger partial charge on any atom is -0.343 e. The Morgan fingerprint density at radius 2 is 2.30 bits per heavy atom. The van der Waals surface area contributed by atoms with Gasteiger partial charge in [-0.3, -0.25) is 9.59 Å². The van der Waals surface area contributed by atoms with Gasteiger partial charge in [-0.25, -0.2) is 9.67 Å². The van der Waals surface area contributed by atoms with E-state index in [-0.39, 0.29) is 18.4 Å². The number of aryl methyl sites for hydroxylation is 1. The largest absolute Gasteiger partial charge is 0.343 e. The molecule has 0 fully saturated rings. The first-order chi connectivity index (χ1) is 9.54. The summed E-state index contributed by atoms with van der Waals surface area (Å²) in [5, 5.41) is 16.1. The van der Waals surface area contributed by atoms with Gasteiger partial charge in [-0.1, -0.05) is 0 Å². The van der Waals surface area contributed by atoms with Crippen LogP contribution in [0.4, 0.5) is 5.13 Å². The number of nitrogens with zero attached hydrogens (tertiary/aromatic N) is 5. The lowest BCUT2D eigenvalue weighted by Crippen LogP contribution is -2.43. The fourth-order valence-corrected chi connectivity index (χ4v) is 2.05. The standard InChI is InChI=1S/C10H13N7O2S/c1-6-3-11-10(20-6)14-9(19)7(2)13-8(18)4-17-5-12-15-16-17/h3,5,7H,4H2,1-2H3,(H,13,18)(H,11,14,19)/t7-/m0/s1. The maximum atomic E-state index is 11.9. The lowest BCUT2D eigenvalue weighted by atomic mass is 10.3. The van der Waals surface area contributed by atoms with Crippen LogP contribution in [0.1, 0.15) is 11.8 Å². The van der Waals surface area contributed by atoms with E-state index >= 15 is 0 Å². The molecule has 0 radical (unpaired) electrons. The molecule has 106 valence electrons. The van der Waals surface area contributed by atoms with Crippen LogP contribution < -0.4 is 10.6 Å². The normalized spacial score (nSPS) is 11.9. The van der Waals surface area contributed by atoms with Crippen molar-refractivity contribution in [3.05, 3.63) is 17.4 Å². The zero-order chi connectivity index (χ0) is 14.5. The average Bonchev–Trinajstić information content (AvgIpc) is 3.01. The molecule has 2 aromatic rings. The highest BCUT2D eigenvalue weighted by Gasteiger charge is 2.17. The number of anilines is 1. The maximum absolute atomic E-state index is 11.9. The summed E-state index contributed by atoms with van der Waals surface area (Å²) in [5.41, 5.74) is 0. The molecule has 0 aliphatic heterocycles. The molecule has 0 bridgehead atoms. The van der Waals surface area contributed by atoms with E-state index in [1.54, 1.807) is 13.1 Å². The van der Waals surface area contributed by atoms with Crippen molar-refractivity contribution in [2.24, 2.45) is 0 Å². The van der Waals surface area contributed by atoms with Gasteiger partial charge >= 0.3 is 0 Å². The van der Waals surface area contributed by atoms with Crippen molar-refractivity contribution in [2.45, 2.75) is 26.4 Å². The summed E-state index contributed by atoms with van der Waals surface area (Å²) in [6.07, 6.45) is 2.99. The van der Waals surface area contributed by atoms with Crippen LogP contribution in [0.3, 0.4) is 0 Å². The third-order valence-corrected chi connectivity index (χ3v) is 3.15. The van der Waals surface area contributed by atoms with Crippen molar-refractivity contribution in [3.63, 3.8) is 0 Å². The number of amides is 2. The van der Waals surface area contributed by atoms with E-state index in [4.69, 9.17) is 0 Å². The number of carbonyl (C=O) groups excluding carboxylic acids is 2. The molecule has 2 aromatic heterocycles. The number of aromatic nitrogens is 5. The van der Waals surface area contributed by atoms with E-state index in [1.807, 2.05) is 6.92 Å². The second-order valence-electron chi connectivity index (χ2n) is 4.06. The van der Waals surface area contributed by atoms with E-state index in [0.717, 1.165) is 4.88 Å².